The summed E-state index contributed by atoms with van der Waals surface area (Å²) < 4.78 is 16.3. The van der Waals surface area contributed by atoms with E-state index in [4.69, 9.17) is 14.2 Å². The molecule has 0 spiro atoms. The highest BCUT2D eigenvalue weighted by atomic mass is 16.7. The zero-order chi connectivity index (χ0) is 21.4. The van der Waals surface area contributed by atoms with Crippen LogP contribution in [0.2, 0.25) is 0 Å². The topological polar surface area (TPSA) is 130 Å². The number of amides is 2. The molecule has 1 heterocycles. The first kappa shape index (κ1) is 22.9. The fraction of sp³-hybridized carbons (Fsp3) is 0.556. The zero-order valence-electron chi connectivity index (χ0n) is 16.9. The molecule has 11 heteroatoms. The van der Waals surface area contributed by atoms with E-state index in [1.807, 2.05) is 0 Å². The Balaban J connectivity index is 2.14. The Hall–Kier alpha value is -2.34. The minimum Gasteiger partial charge on any atom is -0.460 e. The molecule has 1 fully saturated rings. The number of nitrogens with one attached hydrogen (secondary N) is 2. The van der Waals surface area contributed by atoms with E-state index in [1.165, 1.54) is 4.81 Å². The van der Waals surface area contributed by atoms with Crippen LogP contribution in [0.4, 0.5) is 10.5 Å². The van der Waals surface area contributed by atoms with Gasteiger partial charge >= 0.3 is 6.09 Å². The Morgan fingerprint density at radius 2 is 2.14 bits per heavy atom. The van der Waals surface area contributed by atoms with Crippen molar-refractivity contribution in [1.82, 2.24) is 10.1 Å². The molecular weight excluding hydrogens is 381 g/mol. The van der Waals surface area contributed by atoms with Crippen LogP contribution in [0.3, 0.4) is 0 Å². The highest BCUT2D eigenvalue weighted by Crippen LogP contribution is 2.29. The molecule has 3 atom stereocenters. The quantitative estimate of drug-likeness (QED) is 0.411. The van der Waals surface area contributed by atoms with E-state index in [-0.39, 0.29) is 32.0 Å². The van der Waals surface area contributed by atoms with Gasteiger partial charge in [0.05, 0.1) is 18.4 Å². The molecule has 0 radical (unpaired) electrons. The molecule has 1 aromatic carbocycles. The van der Waals surface area contributed by atoms with Gasteiger partial charge in [-0.05, 0) is 31.8 Å². The molecule has 1 aliphatic rings. The first-order chi connectivity index (χ1) is 13.8. The molecule has 0 aromatic heterocycles. The van der Waals surface area contributed by atoms with E-state index in [9.17, 15) is 19.8 Å². The van der Waals surface area contributed by atoms with Crippen molar-refractivity contribution in [2.24, 2.45) is 0 Å². The third-order valence-electron chi connectivity index (χ3n) is 4.17. The number of benzene rings is 1. The number of hydrogen-bond donors (Lipinski definition) is 4. The van der Waals surface area contributed by atoms with E-state index >= 15 is 0 Å². The third kappa shape index (κ3) is 7.20. The van der Waals surface area contributed by atoms with Crippen LogP contribution in [0.15, 0.2) is 18.2 Å². The Morgan fingerprint density at radius 3 is 2.79 bits per heavy atom. The lowest BCUT2D eigenvalue weighted by Crippen LogP contribution is -2.44. The van der Waals surface area contributed by atoms with Gasteiger partial charge < -0.3 is 39.9 Å². The van der Waals surface area contributed by atoms with Crippen LogP contribution in [-0.4, -0.2) is 80.8 Å². The number of nitrogens with zero attached hydrogens (tertiary/aromatic N) is 1. The van der Waals surface area contributed by atoms with Crippen LogP contribution in [0, 0.1) is 0 Å². The van der Waals surface area contributed by atoms with Crippen molar-refractivity contribution >= 4 is 25.7 Å². The fourth-order valence-electron chi connectivity index (χ4n) is 2.61. The van der Waals surface area contributed by atoms with E-state index in [1.54, 1.807) is 40.3 Å². The Bertz CT molecular complexity index is 704. The Labute approximate surface area is 170 Å². The summed E-state index contributed by atoms with van der Waals surface area (Å²) in [7, 11) is 4.91. The van der Waals surface area contributed by atoms with Crippen molar-refractivity contribution in [3.8, 4) is 5.75 Å². The maximum atomic E-state index is 12.2. The van der Waals surface area contributed by atoms with Crippen LogP contribution < -0.4 is 15.4 Å². The van der Waals surface area contributed by atoms with Crippen molar-refractivity contribution in [2.45, 2.75) is 37.9 Å². The molecule has 10 nitrogen and oxygen atoms in total. The summed E-state index contributed by atoms with van der Waals surface area (Å²) in [5.74, 6) is 0.0677. The molecule has 160 valence electrons. The van der Waals surface area contributed by atoms with E-state index < -0.39 is 24.6 Å². The zero-order valence-corrected chi connectivity index (χ0v) is 16.9. The normalized spacial score (nSPS) is 21.3. The predicted octanol–water partition coefficient (Wildman–Crippen LogP) is -0.802. The number of rotatable bonds is 8. The summed E-state index contributed by atoms with van der Waals surface area (Å²) in [6.07, 6.45) is -2.82. The number of anilines is 1. The van der Waals surface area contributed by atoms with Gasteiger partial charge in [-0.1, -0.05) is 6.07 Å². The van der Waals surface area contributed by atoms with Crippen LogP contribution in [0.5, 0.6) is 5.75 Å². The van der Waals surface area contributed by atoms with Gasteiger partial charge in [0.15, 0.2) is 0 Å². The molecule has 0 bridgehead atoms. The SMILES string of the molecule is BN(C)C(=O)OCc1ccc(O[C@H]2OC[C@@H](O)C[C@H]2O)c(NC(=O)CCNC)c1. The average molecular weight is 409 g/mol. The summed E-state index contributed by atoms with van der Waals surface area (Å²) in [4.78, 5) is 25.1. The minimum atomic E-state index is -1.01. The second-order valence-corrected chi connectivity index (χ2v) is 6.96. The minimum absolute atomic E-state index is 0.0193. The molecule has 4 N–H and O–H groups in total. The maximum Gasteiger partial charge on any atom is 0.397 e. The van der Waals surface area contributed by atoms with Gasteiger partial charge in [-0.3, -0.25) is 4.79 Å². The van der Waals surface area contributed by atoms with Crippen molar-refractivity contribution in [1.29, 1.82) is 0 Å². The van der Waals surface area contributed by atoms with Crippen molar-refractivity contribution in [2.75, 3.05) is 32.6 Å². The van der Waals surface area contributed by atoms with Gasteiger partial charge in [0, 0.05) is 19.4 Å². The molecule has 29 heavy (non-hydrogen) atoms. The second kappa shape index (κ2) is 11.0. The maximum absolute atomic E-state index is 12.2. The third-order valence-corrected chi connectivity index (χ3v) is 4.17. The summed E-state index contributed by atoms with van der Waals surface area (Å²) in [5.41, 5.74) is 1.02. The van der Waals surface area contributed by atoms with Gasteiger partial charge in [-0.25, -0.2) is 4.79 Å². The second-order valence-electron chi connectivity index (χ2n) is 6.96. The molecule has 2 amide bonds. The molecule has 2 rings (SSSR count). The van der Waals surface area contributed by atoms with Gasteiger partial charge in [0.1, 0.15) is 18.5 Å². The first-order valence-corrected chi connectivity index (χ1v) is 9.36. The van der Waals surface area contributed by atoms with Gasteiger partial charge in [0.25, 0.3) is 0 Å². The van der Waals surface area contributed by atoms with E-state index in [2.05, 4.69) is 10.6 Å². The smallest absolute Gasteiger partial charge is 0.397 e. The van der Waals surface area contributed by atoms with Crippen molar-refractivity contribution in [3.63, 3.8) is 0 Å². The summed E-state index contributed by atoms with van der Waals surface area (Å²) in [6.45, 7) is 0.570. The van der Waals surface area contributed by atoms with Crippen LogP contribution >= 0.6 is 0 Å². The van der Waals surface area contributed by atoms with Gasteiger partial charge in [-0.15, -0.1) is 0 Å². The molecule has 1 aromatic rings. The molecule has 1 aliphatic heterocycles. The predicted molar refractivity (Wildman–Crippen MR) is 107 cm³/mol. The number of hydrogen-bond acceptors (Lipinski definition) is 8. The highest BCUT2D eigenvalue weighted by Gasteiger charge is 2.31. The summed E-state index contributed by atoms with van der Waals surface area (Å²) in [5, 5.41) is 25.3. The molecule has 1 saturated heterocycles. The molecule has 0 saturated carbocycles. The van der Waals surface area contributed by atoms with Crippen molar-refractivity contribution in [3.05, 3.63) is 23.8 Å². The highest BCUT2D eigenvalue weighted by molar-refractivity contribution is 6.12. The average Bonchev–Trinajstić information content (AvgIpc) is 2.67. The molecule has 0 aliphatic carbocycles. The molecule has 0 unspecified atom stereocenters. The lowest BCUT2D eigenvalue weighted by molar-refractivity contribution is -0.198. The lowest BCUT2D eigenvalue weighted by atomic mass is 10.1. The Kier molecular flexibility index (Phi) is 8.71. The standard InChI is InChI=1S/C18H28BN3O7/c1-20-6-5-16(25)21-13-7-11(9-28-18(26)22(2)19)3-4-15(13)29-17-14(24)8-12(23)10-27-17/h3-4,7,12,14,17,20,23-24H,5-6,8-10,19H2,1-2H3,(H,21,25)/t12-,14+,17+/m0/s1. The lowest BCUT2D eigenvalue weighted by Gasteiger charge is -2.31. The van der Waals surface area contributed by atoms with E-state index in [0.29, 0.717) is 23.5 Å². The van der Waals surface area contributed by atoms with Crippen LogP contribution in [0.1, 0.15) is 18.4 Å². The van der Waals surface area contributed by atoms with Crippen molar-refractivity contribution < 1.29 is 34.0 Å². The fourth-order valence-corrected chi connectivity index (χ4v) is 2.61. The number of carbonyl (C=O) groups excluding carboxylic acids is 2. The summed E-state index contributed by atoms with van der Waals surface area (Å²) >= 11 is 0. The number of aliphatic hydroxyl groups excluding tert-OH is 2. The monoisotopic (exact) mass is 409 g/mol. The summed E-state index contributed by atoms with van der Waals surface area (Å²) in [6, 6.07) is 4.93. The van der Waals surface area contributed by atoms with Crippen LogP contribution in [0.25, 0.3) is 0 Å². The van der Waals surface area contributed by atoms with Crippen LogP contribution in [-0.2, 0) is 20.9 Å². The van der Waals surface area contributed by atoms with Gasteiger partial charge in [-0.2, -0.15) is 0 Å². The first-order valence-electron chi connectivity index (χ1n) is 9.36. The Morgan fingerprint density at radius 1 is 1.38 bits per heavy atom. The number of aliphatic hydroxyl groups is 2. The number of ether oxygens (including phenoxy) is 3. The largest absolute Gasteiger partial charge is 0.460 e. The van der Waals surface area contributed by atoms with Gasteiger partial charge in [0.2, 0.25) is 20.2 Å². The number of carbonyl (C=O) groups is 2. The molecular formula is C18H28BN3O7. The van der Waals surface area contributed by atoms with E-state index in [0.717, 1.165) is 0 Å².